The van der Waals surface area contributed by atoms with Gasteiger partial charge < -0.3 is 0 Å². The van der Waals surface area contributed by atoms with Crippen LogP contribution >= 0.6 is 49.6 Å². The Morgan fingerprint density at radius 2 is 0.500 bits per heavy atom. The Labute approximate surface area is 126 Å². The van der Waals surface area contributed by atoms with E-state index < -0.39 is 0 Å². The Morgan fingerprint density at radius 3 is 0.500 bits per heavy atom. The number of hydrogen-bond donors (Lipinski definition) is 0. The van der Waals surface area contributed by atoms with Crippen LogP contribution in [0.1, 0.15) is 0 Å². The van der Waals surface area contributed by atoms with Gasteiger partial charge >= 0.3 is 51.4 Å². The van der Waals surface area contributed by atoms with Crippen molar-refractivity contribution in [3.8, 4) is 0 Å². The molecule has 0 saturated carbocycles. The monoisotopic (exact) mass is 386 g/mol. The molecule has 0 bridgehead atoms. The van der Waals surface area contributed by atoms with Crippen LogP contribution in [0.3, 0.4) is 0 Å². The van der Waals surface area contributed by atoms with Gasteiger partial charge in [-0.1, -0.05) is 0 Å². The van der Waals surface area contributed by atoms with Gasteiger partial charge in [0.1, 0.15) is 0 Å². The summed E-state index contributed by atoms with van der Waals surface area (Å²) < 4.78 is 0. The third-order valence-electron chi connectivity index (χ3n) is 0. The minimum atomic E-state index is 0. The quantitative estimate of drug-likeness (QED) is 0.546. The summed E-state index contributed by atoms with van der Waals surface area (Å²) in [5.74, 6) is 0. The van der Waals surface area contributed by atoms with Crippen molar-refractivity contribution in [2.75, 3.05) is 0 Å². The van der Waals surface area contributed by atoms with E-state index in [-0.39, 0.29) is 129 Å². The van der Waals surface area contributed by atoms with Gasteiger partial charge in [0.25, 0.3) is 0 Å². The van der Waals surface area contributed by atoms with E-state index in [0.717, 1.165) is 0 Å². The van der Waals surface area contributed by atoms with Crippen LogP contribution in [0.2, 0.25) is 0 Å². The molecule has 0 heterocycles. The van der Waals surface area contributed by atoms with Crippen molar-refractivity contribution in [2.24, 2.45) is 0 Å². The van der Waals surface area contributed by atoms with Gasteiger partial charge in [-0.3, -0.25) is 0 Å². The third-order valence-corrected chi connectivity index (χ3v) is 0. The topological polar surface area (TPSA) is 0 Å². The van der Waals surface area contributed by atoms with Crippen LogP contribution in [0.4, 0.5) is 0 Å². The Balaban J connectivity index is 0. The Morgan fingerprint density at radius 1 is 0.500 bits per heavy atom. The van der Waals surface area contributed by atoms with E-state index in [9.17, 15) is 0 Å². The van der Waals surface area contributed by atoms with Crippen molar-refractivity contribution in [3.05, 3.63) is 0 Å². The van der Waals surface area contributed by atoms with Gasteiger partial charge in [0, 0.05) is 27.7 Å². The summed E-state index contributed by atoms with van der Waals surface area (Å²) in [6.45, 7) is 0. The second-order valence-electron chi connectivity index (χ2n) is 0. The summed E-state index contributed by atoms with van der Waals surface area (Å²) in [5, 5.41) is 0. The summed E-state index contributed by atoms with van der Waals surface area (Å²) in [6, 6.07) is 0. The molecule has 0 aromatic rings. The van der Waals surface area contributed by atoms with Gasteiger partial charge in [-0.25, -0.2) is 0 Å². The molecule has 0 saturated heterocycles. The molecule has 0 amide bonds. The molecular formula is H5Cl4HgK. The first-order chi connectivity index (χ1) is 0. The van der Waals surface area contributed by atoms with Crippen molar-refractivity contribution in [2.45, 2.75) is 0 Å². The fourth-order valence-corrected chi connectivity index (χ4v) is 0. The van der Waals surface area contributed by atoms with Crippen molar-refractivity contribution < 1.29 is 27.7 Å². The average molecular weight is 387 g/mol. The summed E-state index contributed by atoms with van der Waals surface area (Å²) in [5.41, 5.74) is 0. The average Bonchev–Trinajstić information content (AvgIpc) is 0. The van der Waals surface area contributed by atoms with Crippen molar-refractivity contribution in [1.82, 2.24) is 0 Å². The van der Waals surface area contributed by atoms with Crippen LogP contribution in [0.25, 0.3) is 0 Å². The van der Waals surface area contributed by atoms with Gasteiger partial charge in [-0.05, 0) is 0 Å². The normalized spacial score (nSPS) is 0. The number of hydrogen-bond acceptors (Lipinski definition) is 0. The van der Waals surface area contributed by atoms with Crippen LogP contribution < -0.4 is 0 Å². The van der Waals surface area contributed by atoms with E-state index in [1.165, 1.54) is 0 Å². The summed E-state index contributed by atoms with van der Waals surface area (Å²) in [4.78, 5) is 0. The summed E-state index contributed by atoms with van der Waals surface area (Å²) in [7, 11) is 0. The molecular weight excluding hydrogens is 382 g/mol. The van der Waals surface area contributed by atoms with Crippen LogP contribution in [0.15, 0.2) is 0 Å². The predicted molar refractivity (Wildman–Crippen MR) is 36.1 cm³/mol. The predicted octanol–water partition coefficient (Wildman–Crippen LogP) is 1.04. The molecule has 0 nitrogen and oxygen atoms in total. The van der Waals surface area contributed by atoms with Crippen LogP contribution in [-0.4, -0.2) is 51.4 Å². The molecule has 36 valence electrons. The standard InChI is InChI=1S/4ClH.Hg.K.H/h4*1H;;;. The molecule has 0 atom stereocenters. The molecule has 0 aliphatic carbocycles. The van der Waals surface area contributed by atoms with E-state index in [2.05, 4.69) is 0 Å². The van der Waals surface area contributed by atoms with Gasteiger partial charge in [0.15, 0.2) is 0 Å². The Hall–Kier alpha value is 3.73. The van der Waals surface area contributed by atoms with Crippen LogP contribution in [0.5, 0.6) is 0 Å². The molecule has 0 spiro atoms. The number of rotatable bonds is 0. The second kappa shape index (κ2) is 37.5. The number of halogens is 4. The minimum absolute atomic E-state index is 0. The van der Waals surface area contributed by atoms with Crippen molar-refractivity contribution in [1.29, 1.82) is 0 Å². The van der Waals surface area contributed by atoms with Crippen LogP contribution in [-0.2, 0) is 27.7 Å². The molecule has 0 aliphatic rings. The van der Waals surface area contributed by atoms with E-state index in [4.69, 9.17) is 0 Å². The molecule has 6 heavy (non-hydrogen) atoms. The molecule has 0 fully saturated rings. The molecule has 0 aliphatic heterocycles. The van der Waals surface area contributed by atoms with Crippen LogP contribution in [0, 0.1) is 0 Å². The molecule has 0 radical (unpaired) electrons. The molecule has 6 heteroatoms. The first-order valence-electron chi connectivity index (χ1n) is 0. The zero-order chi connectivity index (χ0) is 0. The zero-order valence-corrected chi connectivity index (χ0v) is 11.1. The van der Waals surface area contributed by atoms with Crippen molar-refractivity contribution >= 4 is 101 Å². The molecule has 0 N–H and O–H groups in total. The maximum atomic E-state index is 0. The van der Waals surface area contributed by atoms with E-state index in [1.807, 2.05) is 0 Å². The summed E-state index contributed by atoms with van der Waals surface area (Å²) >= 11 is 0. The first kappa shape index (κ1) is 53.3. The van der Waals surface area contributed by atoms with Gasteiger partial charge in [-0.2, -0.15) is 0 Å². The van der Waals surface area contributed by atoms with Gasteiger partial charge in [0.2, 0.25) is 0 Å². The Kier molecular flexibility index (Phi) is 333. The Bertz CT molecular complexity index is 7.51. The fourth-order valence-electron chi connectivity index (χ4n) is 0. The molecule has 0 aromatic carbocycles. The van der Waals surface area contributed by atoms with Gasteiger partial charge in [0.05, 0.1) is 0 Å². The maximum absolute atomic E-state index is 0. The molecule has 0 unspecified atom stereocenters. The molecule has 0 aromatic heterocycles. The zero-order valence-electron chi connectivity index (χ0n) is 2.34. The van der Waals surface area contributed by atoms with E-state index >= 15 is 0 Å². The SMILES string of the molecule is Cl.Cl.Cl.Cl.[Hg].[KH]. The van der Waals surface area contributed by atoms with E-state index in [1.54, 1.807) is 0 Å². The fraction of sp³-hybridized carbons (Fsp3) is 0. The second-order valence-corrected chi connectivity index (χ2v) is 0. The van der Waals surface area contributed by atoms with E-state index in [0.29, 0.717) is 0 Å². The molecule has 0 rings (SSSR count). The third kappa shape index (κ3) is 25.2. The first-order valence-corrected chi connectivity index (χ1v) is 0. The van der Waals surface area contributed by atoms with Gasteiger partial charge in [-0.15, -0.1) is 49.6 Å². The van der Waals surface area contributed by atoms with Crippen molar-refractivity contribution in [3.63, 3.8) is 0 Å². The summed E-state index contributed by atoms with van der Waals surface area (Å²) in [6.07, 6.45) is 0.